The van der Waals surface area contributed by atoms with Crippen LogP contribution in [-0.4, -0.2) is 12.4 Å². The summed E-state index contributed by atoms with van der Waals surface area (Å²) in [5, 5.41) is 0. The lowest BCUT2D eigenvalue weighted by atomic mass is 9.97. The molecule has 2 nitrogen and oxygen atoms in total. The standard InChI is InChI=1S/C17H16F2O2/c1-3-21-17(12-7-5-4-6-8-12)16(20)14-13(18)10-9-11(2)15(14)19/h4-10,17H,3H2,1-2H3. The molecule has 0 aromatic heterocycles. The van der Waals surface area contributed by atoms with Crippen LogP contribution in [0.1, 0.15) is 34.5 Å². The number of halogens is 2. The van der Waals surface area contributed by atoms with Crippen LogP contribution >= 0.6 is 0 Å². The lowest BCUT2D eigenvalue weighted by molar-refractivity contribution is 0.0444. The van der Waals surface area contributed by atoms with Crippen molar-refractivity contribution < 1.29 is 18.3 Å². The van der Waals surface area contributed by atoms with Gasteiger partial charge in [0, 0.05) is 6.61 Å². The van der Waals surface area contributed by atoms with Gasteiger partial charge in [-0.3, -0.25) is 4.79 Å². The molecule has 0 aliphatic rings. The van der Waals surface area contributed by atoms with Crippen molar-refractivity contribution in [2.75, 3.05) is 6.61 Å². The van der Waals surface area contributed by atoms with Crippen molar-refractivity contribution in [3.63, 3.8) is 0 Å². The van der Waals surface area contributed by atoms with Crippen molar-refractivity contribution in [2.24, 2.45) is 0 Å². The van der Waals surface area contributed by atoms with Gasteiger partial charge in [0.05, 0.1) is 5.56 Å². The number of benzene rings is 2. The van der Waals surface area contributed by atoms with Crippen LogP contribution < -0.4 is 0 Å². The number of Topliss-reactive ketones (excluding diaryl/α,β-unsaturated/α-hetero) is 1. The van der Waals surface area contributed by atoms with Gasteiger partial charge in [0.1, 0.15) is 17.7 Å². The highest BCUT2D eigenvalue weighted by Gasteiger charge is 2.28. The molecule has 110 valence electrons. The Balaban J connectivity index is 2.47. The molecule has 0 radical (unpaired) electrons. The first-order chi connectivity index (χ1) is 10.1. The van der Waals surface area contributed by atoms with E-state index in [-0.39, 0.29) is 12.2 Å². The molecule has 21 heavy (non-hydrogen) atoms. The maximum atomic E-state index is 14.1. The Morgan fingerprint density at radius 3 is 2.43 bits per heavy atom. The van der Waals surface area contributed by atoms with Gasteiger partial charge in [-0.25, -0.2) is 8.78 Å². The molecule has 1 atom stereocenters. The summed E-state index contributed by atoms with van der Waals surface area (Å²) in [6.45, 7) is 3.48. The molecule has 0 bridgehead atoms. The minimum Gasteiger partial charge on any atom is -0.366 e. The third kappa shape index (κ3) is 3.16. The fraction of sp³-hybridized carbons (Fsp3) is 0.235. The molecule has 1 unspecified atom stereocenters. The van der Waals surface area contributed by atoms with Gasteiger partial charge in [-0.2, -0.15) is 0 Å². The van der Waals surface area contributed by atoms with E-state index in [1.54, 1.807) is 37.3 Å². The van der Waals surface area contributed by atoms with Crippen LogP contribution in [0.25, 0.3) is 0 Å². The van der Waals surface area contributed by atoms with E-state index in [1.807, 2.05) is 0 Å². The minimum atomic E-state index is -1.01. The van der Waals surface area contributed by atoms with E-state index in [4.69, 9.17) is 4.74 Å². The fourth-order valence-corrected chi connectivity index (χ4v) is 2.13. The predicted octanol–water partition coefficient (Wildman–Crippen LogP) is 4.23. The average Bonchev–Trinajstić information content (AvgIpc) is 2.49. The highest BCUT2D eigenvalue weighted by atomic mass is 19.1. The third-order valence-electron chi connectivity index (χ3n) is 3.20. The van der Waals surface area contributed by atoms with E-state index < -0.39 is 29.1 Å². The quantitative estimate of drug-likeness (QED) is 0.770. The maximum Gasteiger partial charge on any atom is 0.202 e. The van der Waals surface area contributed by atoms with E-state index in [2.05, 4.69) is 0 Å². The summed E-state index contributed by atoms with van der Waals surface area (Å²) in [5.74, 6) is -2.41. The second-order valence-electron chi connectivity index (χ2n) is 4.66. The second-order valence-corrected chi connectivity index (χ2v) is 4.66. The molecule has 4 heteroatoms. The highest BCUT2D eigenvalue weighted by molar-refractivity contribution is 6.00. The molecule has 2 rings (SSSR count). The minimum absolute atomic E-state index is 0.225. The first kappa shape index (κ1) is 15.3. The Morgan fingerprint density at radius 2 is 1.81 bits per heavy atom. The van der Waals surface area contributed by atoms with Crippen molar-refractivity contribution in [1.82, 2.24) is 0 Å². The number of carbonyl (C=O) groups is 1. The summed E-state index contributed by atoms with van der Waals surface area (Å²) in [5.41, 5.74) is 0.255. The maximum absolute atomic E-state index is 14.1. The number of ketones is 1. The molecule has 0 spiro atoms. The van der Waals surface area contributed by atoms with Crippen LogP contribution in [0, 0.1) is 18.6 Å². The number of aryl methyl sites for hydroxylation is 1. The lowest BCUT2D eigenvalue weighted by Gasteiger charge is -2.17. The predicted molar refractivity (Wildman–Crippen MR) is 76.2 cm³/mol. The number of ether oxygens (including phenoxy) is 1. The lowest BCUT2D eigenvalue weighted by Crippen LogP contribution is -2.19. The Labute approximate surface area is 122 Å². The Morgan fingerprint density at radius 1 is 1.14 bits per heavy atom. The SMILES string of the molecule is CCOC(C(=O)c1c(F)ccc(C)c1F)c1ccccc1. The summed E-state index contributed by atoms with van der Waals surface area (Å²) >= 11 is 0. The largest absolute Gasteiger partial charge is 0.366 e. The zero-order valence-electron chi connectivity index (χ0n) is 11.9. The molecule has 0 heterocycles. The van der Waals surface area contributed by atoms with Crippen LogP contribution in [0.4, 0.5) is 8.78 Å². The zero-order chi connectivity index (χ0) is 15.4. The second kappa shape index (κ2) is 6.59. The molecule has 0 aliphatic carbocycles. The summed E-state index contributed by atoms with van der Waals surface area (Å²) in [6.07, 6.45) is -1.01. The molecule has 0 fully saturated rings. The first-order valence-corrected chi connectivity index (χ1v) is 6.71. The van der Waals surface area contributed by atoms with Gasteiger partial charge in [-0.15, -0.1) is 0 Å². The highest BCUT2D eigenvalue weighted by Crippen LogP contribution is 2.26. The van der Waals surface area contributed by atoms with Gasteiger partial charge in [0.25, 0.3) is 0 Å². The van der Waals surface area contributed by atoms with Gasteiger partial charge in [-0.1, -0.05) is 36.4 Å². The molecule has 2 aromatic carbocycles. The molecule has 2 aromatic rings. The van der Waals surface area contributed by atoms with E-state index in [1.165, 1.54) is 13.0 Å². The van der Waals surface area contributed by atoms with Crippen LogP contribution in [0.5, 0.6) is 0 Å². The van der Waals surface area contributed by atoms with Gasteiger partial charge in [0.2, 0.25) is 5.78 Å². The fourth-order valence-electron chi connectivity index (χ4n) is 2.13. The Bertz CT molecular complexity index is 639. The van der Waals surface area contributed by atoms with Crippen molar-refractivity contribution in [3.05, 3.63) is 70.8 Å². The van der Waals surface area contributed by atoms with Crippen molar-refractivity contribution >= 4 is 5.78 Å². The molecule has 0 saturated heterocycles. The number of rotatable bonds is 5. The van der Waals surface area contributed by atoms with Crippen molar-refractivity contribution in [2.45, 2.75) is 20.0 Å². The number of carbonyl (C=O) groups excluding carboxylic acids is 1. The van der Waals surface area contributed by atoms with Crippen LogP contribution in [-0.2, 0) is 4.74 Å². The average molecular weight is 290 g/mol. The van der Waals surface area contributed by atoms with Crippen LogP contribution in [0.2, 0.25) is 0 Å². The van der Waals surface area contributed by atoms with E-state index in [0.29, 0.717) is 5.56 Å². The molecule has 0 aliphatic heterocycles. The molecular weight excluding hydrogens is 274 g/mol. The number of hydrogen-bond acceptors (Lipinski definition) is 2. The van der Waals surface area contributed by atoms with E-state index in [0.717, 1.165) is 6.07 Å². The first-order valence-electron chi connectivity index (χ1n) is 6.71. The van der Waals surface area contributed by atoms with E-state index in [9.17, 15) is 13.6 Å². The Hall–Kier alpha value is -2.07. The molecule has 0 saturated carbocycles. The van der Waals surface area contributed by atoms with Crippen molar-refractivity contribution in [3.8, 4) is 0 Å². The number of hydrogen-bond donors (Lipinski definition) is 0. The molecule has 0 N–H and O–H groups in total. The van der Waals surface area contributed by atoms with E-state index >= 15 is 0 Å². The van der Waals surface area contributed by atoms with Crippen LogP contribution in [0.15, 0.2) is 42.5 Å². The smallest absolute Gasteiger partial charge is 0.202 e. The van der Waals surface area contributed by atoms with Gasteiger partial charge in [0.15, 0.2) is 0 Å². The topological polar surface area (TPSA) is 26.3 Å². The summed E-state index contributed by atoms with van der Waals surface area (Å²) in [4.78, 5) is 12.5. The van der Waals surface area contributed by atoms with Crippen molar-refractivity contribution in [1.29, 1.82) is 0 Å². The third-order valence-corrected chi connectivity index (χ3v) is 3.20. The monoisotopic (exact) mass is 290 g/mol. The summed E-state index contributed by atoms with van der Waals surface area (Å²) in [7, 11) is 0. The van der Waals surface area contributed by atoms with Gasteiger partial charge in [-0.05, 0) is 31.0 Å². The van der Waals surface area contributed by atoms with Gasteiger partial charge >= 0.3 is 0 Å². The Kier molecular flexibility index (Phi) is 4.81. The summed E-state index contributed by atoms with van der Waals surface area (Å²) < 4.78 is 33.4. The summed E-state index contributed by atoms with van der Waals surface area (Å²) in [6, 6.07) is 11.1. The van der Waals surface area contributed by atoms with Gasteiger partial charge < -0.3 is 4.74 Å². The molecular formula is C17H16F2O2. The molecule has 0 amide bonds. The normalized spacial score (nSPS) is 12.2. The van der Waals surface area contributed by atoms with Crippen LogP contribution in [0.3, 0.4) is 0 Å². The zero-order valence-corrected chi connectivity index (χ0v) is 11.9.